The molecule has 1 unspecified atom stereocenters. The molecule has 1 aliphatic carbocycles. The van der Waals surface area contributed by atoms with Crippen LogP contribution < -0.4 is 0 Å². The van der Waals surface area contributed by atoms with Crippen molar-refractivity contribution in [3.63, 3.8) is 0 Å². The summed E-state index contributed by atoms with van der Waals surface area (Å²) in [5.41, 5.74) is 0.180. The first-order valence-corrected chi connectivity index (χ1v) is 10.5. The molecule has 0 aromatic heterocycles. The summed E-state index contributed by atoms with van der Waals surface area (Å²) in [6.45, 7) is 2.11. The normalized spacial score (nSPS) is 15.4. The largest absolute Gasteiger partial charge is 0.481 e. The molecule has 1 saturated carbocycles. The van der Waals surface area contributed by atoms with E-state index in [4.69, 9.17) is 5.11 Å². The SMILES string of the molecule is CCCCCCC(=O)O.OC(/C=C/c1cc(F)ccc1F)CCC1CCCC1. The zero-order valence-electron chi connectivity index (χ0n) is 16.9. The number of carbonyl (C=O) groups is 1. The Hall–Kier alpha value is -1.75. The lowest BCUT2D eigenvalue weighted by atomic mass is 9.99. The lowest BCUT2D eigenvalue weighted by Gasteiger charge is -2.10. The Kier molecular flexibility index (Phi) is 12.4. The lowest BCUT2D eigenvalue weighted by Crippen LogP contribution is -2.05. The van der Waals surface area contributed by atoms with Gasteiger partial charge >= 0.3 is 5.97 Å². The molecule has 0 amide bonds. The van der Waals surface area contributed by atoms with Crippen LogP contribution in [0.1, 0.15) is 83.1 Å². The Morgan fingerprint density at radius 3 is 2.57 bits per heavy atom. The molecule has 1 aliphatic rings. The molecule has 1 atom stereocenters. The predicted octanol–water partition coefficient (Wildman–Crippen LogP) is 6.35. The molecule has 0 spiro atoms. The minimum atomic E-state index is -0.675. The van der Waals surface area contributed by atoms with Gasteiger partial charge in [-0.1, -0.05) is 64.0 Å². The van der Waals surface area contributed by atoms with E-state index >= 15 is 0 Å². The van der Waals surface area contributed by atoms with Crippen LogP contribution in [0.3, 0.4) is 0 Å². The third-order valence-corrected chi connectivity index (χ3v) is 5.05. The van der Waals surface area contributed by atoms with Gasteiger partial charge in [0, 0.05) is 12.0 Å². The van der Waals surface area contributed by atoms with Gasteiger partial charge < -0.3 is 10.2 Å². The topological polar surface area (TPSA) is 57.5 Å². The van der Waals surface area contributed by atoms with Crippen LogP contribution in [-0.2, 0) is 4.79 Å². The van der Waals surface area contributed by atoms with Crippen LogP contribution in [-0.4, -0.2) is 22.3 Å². The Morgan fingerprint density at radius 2 is 1.93 bits per heavy atom. The first-order valence-electron chi connectivity index (χ1n) is 10.5. The first-order chi connectivity index (χ1) is 13.4. The van der Waals surface area contributed by atoms with Crippen molar-refractivity contribution >= 4 is 12.0 Å². The zero-order chi connectivity index (χ0) is 20.8. The van der Waals surface area contributed by atoms with Crippen molar-refractivity contribution in [2.75, 3.05) is 0 Å². The van der Waals surface area contributed by atoms with Crippen molar-refractivity contribution in [1.82, 2.24) is 0 Å². The van der Waals surface area contributed by atoms with Crippen LogP contribution >= 0.6 is 0 Å². The Bertz CT molecular complexity index is 596. The third kappa shape index (κ3) is 11.2. The maximum Gasteiger partial charge on any atom is 0.303 e. The molecule has 1 fully saturated rings. The van der Waals surface area contributed by atoms with Gasteiger partial charge in [0.15, 0.2) is 0 Å². The maximum absolute atomic E-state index is 13.4. The number of aliphatic hydroxyl groups excluding tert-OH is 1. The molecule has 0 aliphatic heterocycles. The highest BCUT2D eigenvalue weighted by Crippen LogP contribution is 2.29. The van der Waals surface area contributed by atoms with E-state index in [1.165, 1.54) is 38.2 Å². The summed E-state index contributed by atoms with van der Waals surface area (Å²) in [4.78, 5) is 9.96. The van der Waals surface area contributed by atoms with Gasteiger partial charge in [-0.3, -0.25) is 4.79 Å². The van der Waals surface area contributed by atoms with Crippen LogP contribution in [0, 0.1) is 17.6 Å². The smallest absolute Gasteiger partial charge is 0.303 e. The number of benzene rings is 1. The number of aliphatic hydroxyl groups is 1. The number of unbranched alkanes of at least 4 members (excludes halogenated alkanes) is 3. The van der Waals surface area contributed by atoms with Crippen molar-refractivity contribution in [2.24, 2.45) is 5.92 Å². The summed E-state index contributed by atoms with van der Waals surface area (Å²) in [5, 5.41) is 18.0. The fourth-order valence-corrected chi connectivity index (χ4v) is 3.36. The standard InChI is InChI=1S/C16H20F2O.C7H14O2/c17-14-7-10-16(18)13(11-14)6-9-15(19)8-5-12-3-1-2-4-12;1-2-3-4-5-6-7(8)9/h6-7,9-12,15,19H,1-5,8H2;2-6H2,1H3,(H,8,9)/b9-6+;. The van der Waals surface area contributed by atoms with E-state index in [0.717, 1.165) is 49.8 Å². The van der Waals surface area contributed by atoms with E-state index in [9.17, 15) is 18.7 Å². The monoisotopic (exact) mass is 396 g/mol. The van der Waals surface area contributed by atoms with Crippen molar-refractivity contribution in [1.29, 1.82) is 0 Å². The number of aliphatic carboxylic acids is 1. The molecule has 28 heavy (non-hydrogen) atoms. The second-order valence-corrected chi connectivity index (χ2v) is 7.52. The maximum atomic E-state index is 13.4. The molecule has 3 nitrogen and oxygen atoms in total. The number of rotatable bonds is 10. The summed E-state index contributed by atoms with van der Waals surface area (Å²) in [5.74, 6) is -0.887. The van der Waals surface area contributed by atoms with E-state index in [-0.39, 0.29) is 5.56 Å². The van der Waals surface area contributed by atoms with Gasteiger partial charge in [0.1, 0.15) is 11.6 Å². The number of hydrogen-bond donors (Lipinski definition) is 2. The van der Waals surface area contributed by atoms with Crippen LogP contribution in [0.5, 0.6) is 0 Å². The Balaban J connectivity index is 0.000000370. The van der Waals surface area contributed by atoms with Gasteiger partial charge in [-0.25, -0.2) is 8.78 Å². The average Bonchev–Trinajstić information content (AvgIpc) is 3.18. The average molecular weight is 397 g/mol. The molecule has 0 saturated heterocycles. The van der Waals surface area contributed by atoms with Gasteiger partial charge in [0.05, 0.1) is 6.10 Å². The molecule has 0 radical (unpaired) electrons. The van der Waals surface area contributed by atoms with Crippen molar-refractivity contribution in [3.8, 4) is 0 Å². The van der Waals surface area contributed by atoms with E-state index in [2.05, 4.69) is 6.92 Å². The van der Waals surface area contributed by atoms with Gasteiger partial charge in [-0.05, 0) is 43.4 Å². The quantitative estimate of drug-likeness (QED) is 0.453. The van der Waals surface area contributed by atoms with Gasteiger partial charge in [0.25, 0.3) is 0 Å². The highest BCUT2D eigenvalue weighted by molar-refractivity contribution is 5.66. The zero-order valence-corrected chi connectivity index (χ0v) is 16.9. The molecule has 0 heterocycles. The van der Waals surface area contributed by atoms with Crippen LogP contribution in [0.25, 0.3) is 6.08 Å². The fourth-order valence-electron chi connectivity index (χ4n) is 3.36. The first kappa shape index (κ1) is 24.3. The fraction of sp³-hybridized carbons (Fsp3) is 0.609. The molecule has 158 valence electrons. The second-order valence-electron chi connectivity index (χ2n) is 7.52. The van der Waals surface area contributed by atoms with Crippen LogP contribution in [0.15, 0.2) is 24.3 Å². The van der Waals surface area contributed by atoms with Gasteiger partial charge in [-0.15, -0.1) is 0 Å². The molecular formula is C23H34F2O3. The molecule has 2 N–H and O–H groups in total. The van der Waals surface area contributed by atoms with Crippen LogP contribution in [0.4, 0.5) is 8.78 Å². The Morgan fingerprint density at radius 1 is 1.21 bits per heavy atom. The number of carboxylic acid groups (broad SMARTS) is 1. The van der Waals surface area contributed by atoms with Crippen molar-refractivity contribution in [3.05, 3.63) is 41.5 Å². The van der Waals surface area contributed by atoms with Gasteiger partial charge in [0.2, 0.25) is 0 Å². The lowest BCUT2D eigenvalue weighted by molar-refractivity contribution is -0.137. The summed E-state index contributed by atoms with van der Waals surface area (Å²) in [6, 6.07) is 3.32. The summed E-state index contributed by atoms with van der Waals surface area (Å²) in [6.07, 6.45) is 13.8. The number of carboxylic acids is 1. The Labute approximate surface area is 167 Å². The molecule has 1 aromatic rings. The number of hydrogen-bond acceptors (Lipinski definition) is 2. The highest BCUT2D eigenvalue weighted by Gasteiger charge is 2.15. The molecular weight excluding hydrogens is 362 g/mol. The minimum Gasteiger partial charge on any atom is -0.481 e. The molecule has 5 heteroatoms. The highest BCUT2D eigenvalue weighted by atomic mass is 19.1. The van der Waals surface area contributed by atoms with Gasteiger partial charge in [-0.2, -0.15) is 0 Å². The van der Waals surface area contributed by atoms with E-state index < -0.39 is 23.7 Å². The molecule has 2 rings (SSSR count). The summed E-state index contributed by atoms with van der Waals surface area (Å²) < 4.78 is 26.3. The van der Waals surface area contributed by atoms with E-state index in [0.29, 0.717) is 12.8 Å². The number of halogens is 2. The van der Waals surface area contributed by atoms with E-state index in [1.54, 1.807) is 6.08 Å². The second kappa shape index (κ2) is 14.3. The molecule has 0 bridgehead atoms. The van der Waals surface area contributed by atoms with E-state index in [1.807, 2.05) is 0 Å². The summed E-state index contributed by atoms with van der Waals surface area (Å²) >= 11 is 0. The minimum absolute atomic E-state index is 0.180. The predicted molar refractivity (Wildman–Crippen MR) is 109 cm³/mol. The van der Waals surface area contributed by atoms with Crippen molar-refractivity contribution in [2.45, 2.75) is 83.7 Å². The van der Waals surface area contributed by atoms with Crippen molar-refractivity contribution < 1.29 is 23.8 Å². The third-order valence-electron chi connectivity index (χ3n) is 5.05. The summed E-state index contributed by atoms with van der Waals surface area (Å²) in [7, 11) is 0. The molecule has 1 aromatic carbocycles. The van der Waals surface area contributed by atoms with Crippen LogP contribution in [0.2, 0.25) is 0 Å².